The molecule has 0 atom stereocenters. The molecule has 1 aromatic heterocycles. The van der Waals surface area contributed by atoms with Crippen LogP contribution in [0.15, 0.2) is 36.5 Å². The van der Waals surface area contributed by atoms with Gasteiger partial charge in [-0.1, -0.05) is 0 Å². The van der Waals surface area contributed by atoms with Gasteiger partial charge in [0.05, 0.1) is 12.8 Å². The minimum Gasteiger partial charge on any atom is -0.497 e. The molecule has 1 aromatic carbocycles. The van der Waals surface area contributed by atoms with E-state index >= 15 is 0 Å². The molecule has 0 unspecified atom stereocenters. The van der Waals surface area contributed by atoms with Crippen LogP contribution in [-0.4, -0.2) is 55.2 Å². The zero-order valence-corrected chi connectivity index (χ0v) is 16.7. The number of piperazine rings is 1. The van der Waals surface area contributed by atoms with Gasteiger partial charge in [-0.25, -0.2) is 9.97 Å². The van der Waals surface area contributed by atoms with Crippen LogP contribution in [0.4, 0.5) is 5.95 Å². The van der Waals surface area contributed by atoms with Crippen LogP contribution in [0.3, 0.4) is 0 Å². The Kier molecular flexibility index (Phi) is 7.94. The minimum atomic E-state index is 0. The topological polar surface area (TPSA) is 41.5 Å². The van der Waals surface area contributed by atoms with Crippen LogP contribution >= 0.6 is 34.0 Å². The molecule has 23 heavy (non-hydrogen) atoms. The van der Waals surface area contributed by atoms with E-state index in [9.17, 15) is 0 Å². The molecule has 5 nitrogen and oxygen atoms in total. The van der Waals surface area contributed by atoms with Gasteiger partial charge < -0.3 is 14.5 Å². The molecule has 2 aromatic rings. The number of ether oxygens (including phenoxy) is 1. The molecule has 0 saturated carbocycles. The molecule has 0 spiro atoms. The molecule has 0 aliphatic carbocycles. The molecular formula is C16H22Br2N4O. The van der Waals surface area contributed by atoms with Gasteiger partial charge in [-0.2, -0.15) is 0 Å². The summed E-state index contributed by atoms with van der Waals surface area (Å²) in [7, 11) is 3.82. The Morgan fingerprint density at radius 2 is 1.61 bits per heavy atom. The number of hydrogen-bond acceptors (Lipinski definition) is 5. The Balaban J connectivity index is 0.00000132. The van der Waals surface area contributed by atoms with E-state index in [1.165, 1.54) is 0 Å². The predicted octanol–water partition coefficient (Wildman–Crippen LogP) is 3.06. The number of nitrogens with zero attached hydrogens (tertiary/aromatic N) is 4. The van der Waals surface area contributed by atoms with Crippen molar-refractivity contribution in [1.82, 2.24) is 14.9 Å². The summed E-state index contributed by atoms with van der Waals surface area (Å²) in [5.41, 5.74) is 2.02. The largest absolute Gasteiger partial charge is 0.497 e. The van der Waals surface area contributed by atoms with Crippen LogP contribution in [0, 0.1) is 0 Å². The van der Waals surface area contributed by atoms with Crippen molar-refractivity contribution in [2.24, 2.45) is 0 Å². The second kappa shape index (κ2) is 9.20. The lowest BCUT2D eigenvalue weighted by molar-refractivity contribution is 0.311. The summed E-state index contributed by atoms with van der Waals surface area (Å²) in [6.07, 6.45) is 1.83. The zero-order chi connectivity index (χ0) is 14.7. The Morgan fingerprint density at radius 3 is 2.22 bits per heavy atom. The fourth-order valence-electron chi connectivity index (χ4n) is 2.43. The number of methoxy groups -OCH3 is 1. The lowest BCUT2D eigenvalue weighted by atomic mass is 10.1. The van der Waals surface area contributed by atoms with Gasteiger partial charge in [-0.05, 0) is 37.4 Å². The Hall–Kier alpha value is -1.18. The van der Waals surface area contributed by atoms with Gasteiger partial charge in [-0.15, -0.1) is 34.0 Å². The molecule has 0 N–H and O–H groups in total. The van der Waals surface area contributed by atoms with Crippen molar-refractivity contribution >= 4 is 39.9 Å². The highest BCUT2D eigenvalue weighted by atomic mass is 79.9. The van der Waals surface area contributed by atoms with Crippen molar-refractivity contribution in [2.45, 2.75) is 0 Å². The van der Waals surface area contributed by atoms with E-state index in [-0.39, 0.29) is 34.0 Å². The van der Waals surface area contributed by atoms with Crippen LogP contribution in [0.2, 0.25) is 0 Å². The third kappa shape index (κ3) is 4.89. The van der Waals surface area contributed by atoms with Gasteiger partial charge >= 0.3 is 0 Å². The molecular weight excluding hydrogens is 424 g/mol. The van der Waals surface area contributed by atoms with E-state index in [0.717, 1.165) is 49.1 Å². The van der Waals surface area contributed by atoms with E-state index in [0.29, 0.717) is 0 Å². The lowest BCUT2D eigenvalue weighted by Crippen LogP contribution is -2.45. The molecule has 0 radical (unpaired) electrons. The van der Waals surface area contributed by atoms with Crippen LogP contribution in [0.25, 0.3) is 11.3 Å². The van der Waals surface area contributed by atoms with E-state index in [4.69, 9.17) is 9.72 Å². The Labute approximate surface area is 158 Å². The van der Waals surface area contributed by atoms with Crippen molar-refractivity contribution in [1.29, 1.82) is 0 Å². The average Bonchev–Trinajstić information content (AvgIpc) is 2.56. The normalized spacial score (nSPS) is 14.6. The van der Waals surface area contributed by atoms with Crippen molar-refractivity contribution in [2.75, 3.05) is 45.2 Å². The molecule has 1 fully saturated rings. The summed E-state index contributed by atoms with van der Waals surface area (Å²) >= 11 is 0. The first-order valence-electron chi connectivity index (χ1n) is 7.17. The molecule has 1 aliphatic heterocycles. The highest BCUT2D eigenvalue weighted by molar-refractivity contribution is 8.93. The standard InChI is InChI=1S/C16H20N4O.2BrH/c1-19-9-11-20(12-10-19)16-17-8-7-15(18-16)13-3-5-14(21-2)6-4-13;;/h3-8H,9-12H2,1-2H3;2*1H. The summed E-state index contributed by atoms with van der Waals surface area (Å²) in [4.78, 5) is 13.7. The van der Waals surface area contributed by atoms with Crippen molar-refractivity contribution in [3.8, 4) is 17.0 Å². The van der Waals surface area contributed by atoms with Gasteiger partial charge in [0.2, 0.25) is 5.95 Å². The summed E-state index contributed by atoms with van der Waals surface area (Å²) < 4.78 is 5.19. The van der Waals surface area contributed by atoms with Gasteiger partial charge in [0.25, 0.3) is 0 Å². The molecule has 3 rings (SSSR count). The summed E-state index contributed by atoms with van der Waals surface area (Å²) in [6, 6.07) is 9.89. The van der Waals surface area contributed by atoms with Gasteiger partial charge in [0, 0.05) is 37.9 Å². The molecule has 0 bridgehead atoms. The maximum absolute atomic E-state index is 5.19. The molecule has 1 aliphatic rings. The zero-order valence-electron chi connectivity index (χ0n) is 13.3. The number of likely N-dealkylation sites (N-methyl/N-ethyl adjacent to an activating group) is 1. The van der Waals surface area contributed by atoms with Crippen molar-refractivity contribution in [3.05, 3.63) is 36.5 Å². The second-order valence-electron chi connectivity index (χ2n) is 5.26. The van der Waals surface area contributed by atoms with Gasteiger partial charge in [-0.3, -0.25) is 0 Å². The summed E-state index contributed by atoms with van der Waals surface area (Å²) in [5.74, 6) is 1.67. The van der Waals surface area contributed by atoms with Crippen molar-refractivity contribution in [3.63, 3.8) is 0 Å². The summed E-state index contributed by atoms with van der Waals surface area (Å²) in [5, 5.41) is 0. The van der Waals surface area contributed by atoms with Crippen LogP contribution < -0.4 is 9.64 Å². The quantitative estimate of drug-likeness (QED) is 0.726. The number of aromatic nitrogens is 2. The number of halogens is 2. The van der Waals surface area contributed by atoms with Gasteiger partial charge in [0.15, 0.2) is 0 Å². The smallest absolute Gasteiger partial charge is 0.225 e. The summed E-state index contributed by atoms with van der Waals surface area (Å²) in [6.45, 7) is 4.05. The Bertz CT molecular complexity index is 601. The predicted molar refractivity (Wildman–Crippen MR) is 104 cm³/mol. The number of hydrogen-bond donors (Lipinski definition) is 0. The maximum Gasteiger partial charge on any atom is 0.225 e. The first-order valence-corrected chi connectivity index (χ1v) is 7.17. The van der Waals surface area contributed by atoms with Crippen LogP contribution in [0.1, 0.15) is 0 Å². The van der Waals surface area contributed by atoms with Crippen molar-refractivity contribution < 1.29 is 4.74 Å². The second-order valence-corrected chi connectivity index (χ2v) is 5.26. The molecule has 7 heteroatoms. The third-order valence-corrected chi connectivity index (χ3v) is 3.81. The highest BCUT2D eigenvalue weighted by Gasteiger charge is 2.16. The molecule has 126 valence electrons. The molecule has 1 saturated heterocycles. The van der Waals surface area contributed by atoms with Crippen LogP contribution in [0.5, 0.6) is 5.75 Å². The number of rotatable bonds is 3. The maximum atomic E-state index is 5.19. The fourth-order valence-corrected chi connectivity index (χ4v) is 2.43. The van der Waals surface area contributed by atoms with E-state index < -0.39 is 0 Å². The van der Waals surface area contributed by atoms with E-state index in [1.807, 2.05) is 36.5 Å². The average molecular weight is 446 g/mol. The first-order chi connectivity index (χ1) is 10.3. The number of benzene rings is 1. The molecule has 2 heterocycles. The van der Waals surface area contributed by atoms with Gasteiger partial charge in [0.1, 0.15) is 5.75 Å². The third-order valence-electron chi connectivity index (χ3n) is 3.81. The van der Waals surface area contributed by atoms with Crippen LogP contribution in [-0.2, 0) is 0 Å². The van der Waals surface area contributed by atoms with E-state index in [2.05, 4.69) is 21.8 Å². The number of anilines is 1. The fraction of sp³-hybridized carbons (Fsp3) is 0.375. The highest BCUT2D eigenvalue weighted by Crippen LogP contribution is 2.22. The minimum absolute atomic E-state index is 0. The monoisotopic (exact) mass is 444 g/mol. The SMILES string of the molecule is Br.Br.COc1ccc(-c2ccnc(N3CCN(C)CC3)n2)cc1. The van der Waals surface area contributed by atoms with E-state index in [1.54, 1.807) is 7.11 Å². The lowest BCUT2D eigenvalue weighted by Gasteiger charge is -2.32. The first kappa shape index (κ1) is 19.9. The Morgan fingerprint density at radius 1 is 0.957 bits per heavy atom. The molecule has 0 amide bonds.